The van der Waals surface area contributed by atoms with Crippen LogP contribution < -0.4 is 10.6 Å². The van der Waals surface area contributed by atoms with Crippen LogP contribution in [0.1, 0.15) is 32.6 Å². The Labute approximate surface area is 124 Å². The van der Waals surface area contributed by atoms with Crippen molar-refractivity contribution < 1.29 is 4.79 Å². The maximum atomic E-state index is 12.0. The minimum absolute atomic E-state index is 0.380. The van der Waals surface area contributed by atoms with Gasteiger partial charge in [0.15, 0.2) is 0 Å². The van der Waals surface area contributed by atoms with E-state index >= 15 is 0 Å². The summed E-state index contributed by atoms with van der Waals surface area (Å²) in [5, 5.41) is 15.4. The van der Waals surface area contributed by atoms with Gasteiger partial charge in [-0.2, -0.15) is 5.26 Å². The van der Waals surface area contributed by atoms with Crippen molar-refractivity contribution in [3.63, 3.8) is 0 Å². The highest BCUT2D eigenvalue weighted by atomic mass is 35.5. The highest BCUT2D eigenvalue weighted by molar-refractivity contribution is 6.33. The van der Waals surface area contributed by atoms with E-state index in [0.717, 1.165) is 12.8 Å². The Morgan fingerprint density at radius 2 is 2.05 bits per heavy atom. The van der Waals surface area contributed by atoms with Gasteiger partial charge in [-0.05, 0) is 43.7 Å². The highest BCUT2D eigenvalue weighted by Gasteiger charge is 2.35. The van der Waals surface area contributed by atoms with Crippen LogP contribution >= 0.6 is 11.6 Å². The third kappa shape index (κ3) is 3.43. The van der Waals surface area contributed by atoms with E-state index in [9.17, 15) is 10.1 Å². The molecule has 0 atom stereocenters. The van der Waals surface area contributed by atoms with Gasteiger partial charge in [0.1, 0.15) is 5.54 Å². The lowest BCUT2D eigenvalue weighted by atomic mass is 9.78. The second kappa shape index (κ2) is 6.15. The van der Waals surface area contributed by atoms with E-state index in [-0.39, 0.29) is 6.03 Å². The maximum absolute atomic E-state index is 12.0. The quantitative estimate of drug-likeness (QED) is 0.867. The van der Waals surface area contributed by atoms with E-state index in [1.807, 2.05) is 0 Å². The number of anilines is 1. The van der Waals surface area contributed by atoms with Gasteiger partial charge >= 0.3 is 6.03 Å². The van der Waals surface area contributed by atoms with E-state index in [4.69, 9.17) is 11.6 Å². The summed E-state index contributed by atoms with van der Waals surface area (Å²) in [6.07, 6.45) is 3.31. The summed E-state index contributed by atoms with van der Waals surface area (Å²) in [4.78, 5) is 12.0. The normalized spacial score (nSPS) is 25.6. The fraction of sp³-hybridized carbons (Fsp3) is 0.467. The summed E-state index contributed by atoms with van der Waals surface area (Å²) >= 11 is 5.99. The molecule has 0 radical (unpaired) electrons. The molecule has 0 unspecified atom stereocenters. The van der Waals surface area contributed by atoms with Gasteiger partial charge in [0, 0.05) is 0 Å². The Balaban J connectivity index is 2.00. The first-order valence-corrected chi connectivity index (χ1v) is 7.17. The predicted octanol–water partition coefficient (Wildman–Crippen LogP) is 3.93. The van der Waals surface area contributed by atoms with E-state index in [2.05, 4.69) is 23.6 Å². The lowest BCUT2D eigenvalue weighted by Crippen LogP contribution is -2.51. The van der Waals surface area contributed by atoms with E-state index < -0.39 is 5.54 Å². The number of nitrogens with one attached hydrogen (secondary N) is 2. The monoisotopic (exact) mass is 291 g/mol. The van der Waals surface area contributed by atoms with E-state index in [1.54, 1.807) is 24.3 Å². The zero-order valence-corrected chi connectivity index (χ0v) is 12.2. The Morgan fingerprint density at radius 1 is 1.40 bits per heavy atom. The molecule has 0 aromatic heterocycles. The first kappa shape index (κ1) is 14.7. The lowest BCUT2D eigenvalue weighted by Gasteiger charge is -2.34. The highest BCUT2D eigenvalue weighted by Crippen LogP contribution is 2.31. The van der Waals surface area contributed by atoms with Gasteiger partial charge in [-0.15, -0.1) is 0 Å². The largest absolute Gasteiger partial charge is 0.320 e. The molecular weight excluding hydrogens is 274 g/mol. The number of rotatable bonds is 2. The summed E-state index contributed by atoms with van der Waals surface area (Å²) in [5.41, 5.74) is -0.207. The van der Waals surface area contributed by atoms with Gasteiger partial charge in [-0.25, -0.2) is 4.79 Å². The molecule has 2 amide bonds. The molecular formula is C15H18ClN3O. The average Bonchev–Trinajstić information content (AvgIpc) is 2.44. The molecule has 0 saturated heterocycles. The second-order valence-electron chi connectivity index (χ2n) is 5.44. The number of nitrogens with zero attached hydrogens (tertiary/aromatic N) is 1. The first-order chi connectivity index (χ1) is 9.54. The number of carbonyl (C=O) groups excluding carboxylic acids is 1. The molecule has 0 aliphatic heterocycles. The van der Waals surface area contributed by atoms with Crippen molar-refractivity contribution in [3.8, 4) is 6.07 Å². The molecule has 0 heterocycles. The van der Waals surface area contributed by atoms with Crippen molar-refractivity contribution in [3.05, 3.63) is 29.3 Å². The van der Waals surface area contributed by atoms with Gasteiger partial charge in [0.25, 0.3) is 0 Å². The summed E-state index contributed by atoms with van der Waals surface area (Å²) in [6, 6.07) is 8.91. The van der Waals surface area contributed by atoms with Crippen molar-refractivity contribution in [1.82, 2.24) is 5.32 Å². The molecule has 1 saturated carbocycles. The van der Waals surface area contributed by atoms with Gasteiger partial charge < -0.3 is 10.6 Å². The molecule has 2 rings (SSSR count). The van der Waals surface area contributed by atoms with Crippen LogP contribution in [0.25, 0.3) is 0 Å². The van der Waals surface area contributed by atoms with Crippen LogP contribution in [0.3, 0.4) is 0 Å². The minimum atomic E-state index is -0.752. The number of hydrogen-bond acceptors (Lipinski definition) is 2. The van der Waals surface area contributed by atoms with Gasteiger partial charge in [0.05, 0.1) is 16.8 Å². The van der Waals surface area contributed by atoms with Crippen LogP contribution in [-0.4, -0.2) is 11.6 Å². The molecule has 1 aromatic rings. The van der Waals surface area contributed by atoms with Crippen LogP contribution in [0.2, 0.25) is 5.02 Å². The molecule has 0 spiro atoms. The Kier molecular flexibility index (Phi) is 4.51. The lowest BCUT2D eigenvalue weighted by molar-refractivity contribution is 0.222. The molecule has 2 N–H and O–H groups in total. The third-order valence-corrected chi connectivity index (χ3v) is 4.15. The molecule has 1 aromatic carbocycles. The molecule has 1 aliphatic carbocycles. The fourth-order valence-electron chi connectivity index (χ4n) is 2.45. The molecule has 106 valence electrons. The van der Waals surface area contributed by atoms with Crippen LogP contribution in [0, 0.1) is 17.2 Å². The van der Waals surface area contributed by atoms with Crippen molar-refractivity contribution >= 4 is 23.3 Å². The smallest absolute Gasteiger partial charge is 0.319 e. The topological polar surface area (TPSA) is 64.9 Å². The van der Waals surface area contributed by atoms with Crippen molar-refractivity contribution in [1.29, 1.82) is 5.26 Å². The maximum Gasteiger partial charge on any atom is 0.320 e. The number of amides is 2. The number of benzene rings is 1. The zero-order valence-electron chi connectivity index (χ0n) is 11.4. The summed E-state index contributed by atoms with van der Waals surface area (Å²) in [7, 11) is 0. The molecule has 5 heteroatoms. The first-order valence-electron chi connectivity index (χ1n) is 6.80. The van der Waals surface area contributed by atoms with Crippen LogP contribution in [0.5, 0.6) is 0 Å². The predicted molar refractivity (Wildman–Crippen MR) is 79.6 cm³/mol. The van der Waals surface area contributed by atoms with Gasteiger partial charge in [-0.1, -0.05) is 30.7 Å². The molecule has 1 fully saturated rings. The summed E-state index contributed by atoms with van der Waals surface area (Å²) < 4.78 is 0. The van der Waals surface area contributed by atoms with Crippen molar-refractivity contribution in [2.45, 2.75) is 38.1 Å². The minimum Gasteiger partial charge on any atom is -0.319 e. The van der Waals surface area contributed by atoms with Crippen LogP contribution in [0.15, 0.2) is 24.3 Å². The van der Waals surface area contributed by atoms with Crippen LogP contribution in [0.4, 0.5) is 10.5 Å². The summed E-state index contributed by atoms with van der Waals surface area (Å²) in [5.74, 6) is 0.616. The Hall–Kier alpha value is -1.73. The Bertz CT molecular complexity index is 530. The fourth-order valence-corrected chi connectivity index (χ4v) is 2.64. The number of hydrogen-bond donors (Lipinski definition) is 2. The molecule has 20 heavy (non-hydrogen) atoms. The second-order valence-corrected chi connectivity index (χ2v) is 5.84. The molecule has 0 bridgehead atoms. The molecule has 4 nitrogen and oxygen atoms in total. The van der Waals surface area contributed by atoms with E-state index in [0.29, 0.717) is 29.5 Å². The zero-order chi connectivity index (χ0) is 14.6. The van der Waals surface area contributed by atoms with Gasteiger partial charge in [-0.3, -0.25) is 0 Å². The van der Waals surface area contributed by atoms with E-state index in [1.165, 1.54) is 0 Å². The number of nitriles is 1. The summed E-state index contributed by atoms with van der Waals surface area (Å²) in [6.45, 7) is 2.17. The van der Waals surface area contributed by atoms with Crippen molar-refractivity contribution in [2.75, 3.05) is 5.32 Å². The number of urea groups is 1. The number of para-hydroxylation sites is 1. The SMILES string of the molecule is CC1CCC(C#N)(NC(=O)Nc2ccccc2Cl)CC1. The number of carbonyl (C=O) groups is 1. The molecule has 1 aliphatic rings. The standard InChI is InChI=1S/C15H18ClN3O/c1-11-6-8-15(10-17,9-7-11)19-14(20)18-13-5-3-2-4-12(13)16/h2-5,11H,6-9H2,1H3,(H2,18,19,20). The van der Waals surface area contributed by atoms with Crippen LogP contribution in [-0.2, 0) is 0 Å². The van der Waals surface area contributed by atoms with Gasteiger partial charge in [0.2, 0.25) is 0 Å². The third-order valence-electron chi connectivity index (χ3n) is 3.82. The Morgan fingerprint density at radius 3 is 2.65 bits per heavy atom. The van der Waals surface area contributed by atoms with Crippen molar-refractivity contribution in [2.24, 2.45) is 5.92 Å². The number of halogens is 1. The average molecular weight is 292 g/mol.